The molecule has 1 aromatic carbocycles. The van der Waals surface area contributed by atoms with Gasteiger partial charge in [-0.2, -0.15) is 0 Å². The molecule has 0 radical (unpaired) electrons. The third-order valence-electron chi connectivity index (χ3n) is 4.26. The standard InChI is InChI=1S/C17H16F2N4S/c18-15(19)16-20-21-17(23(16)11-14-6-3-9-24-14)22-8-7-12-4-1-2-5-13(12)10-22/h1-6,9,15H,7-8,10-11H2. The predicted octanol–water partition coefficient (Wildman–Crippen LogP) is 3.89. The topological polar surface area (TPSA) is 34.0 Å². The number of anilines is 1. The summed E-state index contributed by atoms with van der Waals surface area (Å²) < 4.78 is 28.2. The first-order chi connectivity index (χ1) is 11.7. The molecule has 1 aliphatic rings. The van der Waals surface area contributed by atoms with E-state index < -0.39 is 6.43 Å². The van der Waals surface area contributed by atoms with Gasteiger partial charge < -0.3 is 4.90 Å². The Kier molecular flexibility index (Phi) is 4.02. The molecule has 0 unspecified atom stereocenters. The van der Waals surface area contributed by atoms with Gasteiger partial charge in [0.1, 0.15) is 0 Å². The molecule has 2 aromatic heterocycles. The van der Waals surface area contributed by atoms with Gasteiger partial charge in [-0.3, -0.25) is 4.57 Å². The average Bonchev–Trinajstić information content (AvgIpc) is 3.24. The predicted molar refractivity (Wildman–Crippen MR) is 89.6 cm³/mol. The summed E-state index contributed by atoms with van der Waals surface area (Å²) >= 11 is 1.55. The highest BCUT2D eigenvalue weighted by Crippen LogP contribution is 2.28. The van der Waals surface area contributed by atoms with Crippen molar-refractivity contribution in [1.82, 2.24) is 14.8 Å². The highest BCUT2D eigenvalue weighted by Gasteiger charge is 2.26. The molecule has 0 fully saturated rings. The van der Waals surface area contributed by atoms with E-state index in [0.717, 1.165) is 17.8 Å². The lowest BCUT2D eigenvalue weighted by molar-refractivity contribution is 0.135. The summed E-state index contributed by atoms with van der Waals surface area (Å²) in [6.07, 6.45) is -1.75. The summed E-state index contributed by atoms with van der Waals surface area (Å²) in [7, 11) is 0. The van der Waals surface area contributed by atoms with Gasteiger partial charge in [-0.15, -0.1) is 21.5 Å². The number of hydrogen-bond acceptors (Lipinski definition) is 4. The Morgan fingerprint density at radius 2 is 1.92 bits per heavy atom. The Hall–Kier alpha value is -2.28. The van der Waals surface area contributed by atoms with Crippen LogP contribution >= 0.6 is 11.3 Å². The molecule has 0 spiro atoms. The molecule has 7 heteroatoms. The van der Waals surface area contributed by atoms with E-state index in [0.29, 0.717) is 19.0 Å². The number of rotatable bonds is 4. The van der Waals surface area contributed by atoms with Crippen LogP contribution in [-0.2, 0) is 19.5 Å². The molecule has 24 heavy (non-hydrogen) atoms. The lowest BCUT2D eigenvalue weighted by Gasteiger charge is -2.29. The van der Waals surface area contributed by atoms with Gasteiger partial charge in [-0.1, -0.05) is 30.3 Å². The Bertz CT molecular complexity index is 829. The molecule has 3 aromatic rings. The fraction of sp³-hybridized carbons (Fsp3) is 0.294. The van der Waals surface area contributed by atoms with Crippen LogP contribution in [0.5, 0.6) is 0 Å². The molecule has 0 atom stereocenters. The molecule has 0 bridgehead atoms. The normalized spacial score (nSPS) is 14.2. The van der Waals surface area contributed by atoms with E-state index in [9.17, 15) is 8.78 Å². The number of alkyl halides is 2. The zero-order chi connectivity index (χ0) is 16.5. The maximum Gasteiger partial charge on any atom is 0.297 e. The van der Waals surface area contributed by atoms with Crippen LogP contribution in [0.3, 0.4) is 0 Å². The number of thiophene rings is 1. The van der Waals surface area contributed by atoms with Gasteiger partial charge in [0.25, 0.3) is 6.43 Å². The van der Waals surface area contributed by atoms with Gasteiger partial charge in [0, 0.05) is 18.0 Å². The lowest BCUT2D eigenvalue weighted by atomic mass is 10.0. The van der Waals surface area contributed by atoms with Crippen molar-refractivity contribution in [3.05, 3.63) is 63.6 Å². The smallest absolute Gasteiger partial charge is 0.297 e. The van der Waals surface area contributed by atoms with E-state index in [-0.39, 0.29) is 5.82 Å². The zero-order valence-corrected chi connectivity index (χ0v) is 13.7. The summed E-state index contributed by atoms with van der Waals surface area (Å²) in [6, 6.07) is 12.1. The van der Waals surface area contributed by atoms with Crippen LogP contribution in [0.4, 0.5) is 14.7 Å². The maximum atomic E-state index is 13.3. The number of fused-ring (bicyclic) bond motifs is 1. The second kappa shape index (κ2) is 6.32. The first kappa shape index (κ1) is 15.3. The summed E-state index contributed by atoms with van der Waals surface area (Å²) in [5.74, 6) is 0.255. The van der Waals surface area contributed by atoms with E-state index in [1.54, 1.807) is 15.9 Å². The molecule has 1 aliphatic heterocycles. The molecule has 3 heterocycles. The molecule has 0 N–H and O–H groups in total. The van der Waals surface area contributed by atoms with E-state index in [2.05, 4.69) is 22.3 Å². The second-order valence-corrected chi connectivity index (χ2v) is 6.80. The van der Waals surface area contributed by atoms with Gasteiger partial charge in [0.2, 0.25) is 11.8 Å². The molecular weight excluding hydrogens is 330 g/mol. The SMILES string of the molecule is FC(F)c1nnc(N2CCc3ccccc3C2)n1Cc1cccs1. The Morgan fingerprint density at radius 1 is 1.08 bits per heavy atom. The van der Waals surface area contributed by atoms with E-state index >= 15 is 0 Å². The van der Waals surface area contributed by atoms with Crippen LogP contribution in [0, 0.1) is 0 Å². The van der Waals surface area contributed by atoms with Crippen molar-refractivity contribution in [2.45, 2.75) is 25.9 Å². The number of halogens is 2. The number of nitrogens with zero attached hydrogens (tertiary/aromatic N) is 4. The van der Waals surface area contributed by atoms with Crippen LogP contribution < -0.4 is 4.90 Å². The van der Waals surface area contributed by atoms with Crippen LogP contribution in [-0.4, -0.2) is 21.3 Å². The molecule has 4 rings (SSSR count). The van der Waals surface area contributed by atoms with Gasteiger partial charge in [0.15, 0.2) is 0 Å². The number of hydrogen-bond donors (Lipinski definition) is 0. The van der Waals surface area contributed by atoms with E-state index in [1.165, 1.54) is 11.1 Å². The minimum Gasteiger partial charge on any atom is -0.336 e. The zero-order valence-electron chi connectivity index (χ0n) is 12.9. The molecular formula is C17H16F2N4S. The van der Waals surface area contributed by atoms with Crippen LogP contribution in [0.15, 0.2) is 41.8 Å². The van der Waals surface area contributed by atoms with Crippen molar-refractivity contribution in [3.63, 3.8) is 0 Å². The van der Waals surface area contributed by atoms with Crippen molar-refractivity contribution in [2.75, 3.05) is 11.4 Å². The largest absolute Gasteiger partial charge is 0.336 e. The molecule has 0 amide bonds. The third kappa shape index (κ3) is 2.80. The highest BCUT2D eigenvalue weighted by atomic mass is 32.1. The van der Waals surface area contributed by atoms with Crippen LogP contribution in [0.1, 0.15) is 28.3 Å². The van der Waals surface area contributed by atoms with E-state index in [4.69, 9.17) is 0 Å². The maximum absolute atomic E-state index is 13.3. The average molecular weight is 346 g/mol. The van der Waals surface area contributed by atoms with Gasteiger partial charge in [0.05, 0.1) is 6.54 Å². The van der Waals surface area contributed by atoms with Crippen molar-refractivity contribution in [1.29, 1.82) is 0 Å². The van der Waals surface area contributed by atoms with Crippen LogP contribution in [0.2, 0.25) is 0 Å². The van der Waals surface area contributed by atoms with Crippen LogP contribution in [0.25, 0.3) is 0 Å². The Labute approximate surface area is 142 Å². The Morgan fingerprint density at radius 3 is 2.67 bits per heavy atom. The summed E-state index contributed by atoms with van der Waals surface area (Å²) in [5, 5.41) is 9.77. The first-order valence-electron chi connectivity index (χ1n) is 7.78. The second-order valence-electron chi connectivity index (χ2n) is 5.76. The fourth-order valence-electron chi connectivity index (χ4n) is 3.08. The minimum absolute atomic E-state index is 0.266. The molecule has 124 valence electrons. The summed E-state index contributed by atoms with van der Waals surface area (Å²) in [4.78, 5) is 3.05. The fourth-order valence-corrected chi connectivity index (χ4v) is 3.77. The summed E-state index contributed by atoms with van der Waals surface area (Å²) in [5.41, 5.74) is 2.53. The van der Waals surface area contributed by atoms with Crippen molar-refractivity contribution < 1.29 is 8.78 Å². The summed E-state index contributed by atoms with van der Waals surface area (Å²) in [6.45, 7) is 1.79. The Balaban J connectivity index is 1.68. The van der Waals surface area contributed by atoms with Gasteiger partial charge in [-0.05, 0) is 29.0 Å². The first-order valence-corrected chi connectivity index (χ1v) is 8.65. The minimum atomic E-state index is -2.64. The van der Waals surface area contributed by atoms with Crippen molar-refractivity contribution in [3.8, 4) is 0 Å². The monoisotopic (exact) mass is 346 g/mol. The quantitative estimate of drug-likeness (QED) is 0.719. The van der Waals surface area contributed by atoms with Gasteiger partial charge >= 0.3 is 0 Å². The van der Waals surface area contributed by atoms with Crippen molar-refractivity contribution in [2.24, 2.45) is 0 Å². The number of benzene rings is 1. The molecule has 0 saturated heterocycles. The van der Waals surface area contributed by atoms with Gasteiger partial charge in [-0.25, -0.2) is 8.78 Å². The lowest BCUT2D eigenvalue weighted by Crippen LogP contribution is -2.32. The highest BCUT2D eigenvalue weighted by molar-refractivity contribution is 7.09. The third-order valence-corrected chi connectivity index (χ3v) is 5.12. The van der Waals surface area contributed by atoms with E-state index in [1.807, 2.05) is 34.5 Å². The molecule has 4 nitrogen and oxygen atoms in total. The van der Waals surface area contributed by atoms with Crippen molar-refractivity contribution >= 4 is 17.3 Å². The molecule has 0 aliphatic carbocycles. The number of aromatic nitrogens is 3. The molecule has 0 saturated carbocycles.